The van der Waals surface area contributed by atoms with Crippen LogP contribution < -0.4 is 9.64 Å². The van der Waals surface area contributed by atoms with Gasteiger partial charge in [0.2, 0.25) is 15.9 Å². The molecule has 1 fully saturated rings. The van der Waals surface area contributed by atoms with E-state index < -0.39 is 27.9 Å². The first-order valence-electron chi connectivity index (χ1n) is 10.7. The second kappa shape index (κ2) is 10.7. The van der Waals surface area contributed by atoms with Gasteiger partial charge < -0.3 is 4.74 Å². The van der Waals surface area contributed by atoms with Gasteiger partial charge >= 0.3 is 0 Å². The Hall–Kier alpha value is -2.47. The summed E-state index contributed by atoms with van der Waals surface area (Å²) in [6, 6.07) is 18.8. The van der Waals surface area contributed by atoms with E-state index in [0.29, 0.717) is 22.9 Å². The first kappa shape index (κ1) is 25.6. The van der Waals surface area contributed by atoms with Crippen molar-refractivity contribution in [2.45, 2.75) is 23.8 Å². The Morgan fingerprint density at radius 1 is 1.06 bits per heavy atom. The molecule has 10 heteroatoms. The Bertz CT molecular complexity index is 1350. The van der Waals surface area contributed by atoms with E-state index in [-0.39, 0.29) is 17.9 Å². The molecule has 2 amide bonds. The van der Waals surface area contributed by atoms with Gasteiger partial charge in [0.25, 0.3) is 5.91 Å². The lowest BCUT2D eigenvalue weighted by Gasteiger charge is -2.27. The largest absolute Gasteiger partial charge is 0.497 e. The Morgan fingerprint density at radius 2 is 1.74 bits per heavy atom. The number of hydrogen-bond acceptors (Lipinski definition) is 5. The quantitative estimate of drug-likeness (QED) is 0.272. The maximum atomic E-state index is 13.7. The van der Waals surface area contributed by atoms with Crippen molar-refractivity contribution < 1.29 is 22.7 Å². The molecule has 0 spiro atoms. The third-order valence-electron chi connectivity index (χ3n) is 5.73. The number of anilines is 1. The molecule has 0 aromatic heterocycles. The van der Waals surface area contributed by atoms with Gasteiger partial charge in [-0.25, -0.2) is 13.3 Å². The maximum absolute atomic E-state index is 13.7. The number of halogens is 2. The summed E-state index contributed by atoms with van der Waals surface area (Å²) < 4.78 is 34.7. The lowest BCUT2D eigenvalue weighted by Crippen LogP contribution is -2.46. The molecule has 3 aromatic rings. The van der Waals surface area contributed by atoms with Crippen LogP contribution in [0.5, 0.6) is 5.75 Å². The number of hydrogen-bond donors (Lipinski definition) is 0. The number of carbonyl (C=O) groups is 2. The fraction of sp³-hybridized carbons (Fsp3) is 0.200. The second-order valence-corrected chi connectivity index (χ2v) is 11.5. The second-order valence-electron chi connectivity index (χ2n) is 7.93. The molecule has 1 heterocycles. The molecule has 1 aliphatic rings. The van der Waals surface area contributed by atoms with Crippen LogP contribution in [0, 0.1) is 3.57 Å². The fourth-order valence-corrected chi connectivity index (χ4v) is 6.12. The van der Waals surface area contributed by atoms with Crippen LogP contribution in [0.2, 0.25) is 5.02 Å². The normalized spacial score (nSPS) is 16.2. The molecule has 1 unspecified atom stereocenters. The highest BCUT2D eigenvalue weighted by atomic mass is 127. The molecule has 35 heavy (non-hydrogen) atoms. The van der Waals surface area contributed by atoms with Gasteiger partial charge in [0.1, 0.15) is 11.8 Å². The molecule has 3 aromatic carbocycles. The van der Waals surface area contributed by atoms with Crippen molar-refractivity contribution in [1.82, 2.24) is 4.31 Å². The fourth-order valence-electron chi connectivity index (χ4n) is 3.96. The van der Waals surface area contributed by atoms with Crippen LogP contribution in [-0.4, -0.2) is 44.2 Å². The number of nitrogens with zero attached hydrogens (tertiary/aromatic N) is 2. The van der Waals surface area contributed by atoms with E-state index in [9.17, 15) is 18.0 Å². The molecule has 1 saturated heterocycles. The summed E-state index contributed by atoms with van der Waals surface area (Å²) in [7, 11) is -2.63. The van der Waals surface area contributed by atoms with Crippen LogP contribution in [-0.2, 0) is 26.0 Å². The van der Waals surface area contributed by atoms with Crippen molar-refractivity contribution in [1.29, 1.82) is 0 Å². The van der Waals surface area contributed by atoms with E-state index in [1.165, 1.54) is 19.2 Å². The zero-order valence-corrected chi connectivity index (χ0v) is 22.5. The van der Waals surface area contributed by atoms with Gasteiger partial charge in [0.15, 0.2) is 0 Å². The molecule has 0 aliphatic carbocycles. The smallest absolute Gasteiger partial charge is 0.252 e. The lowest BCUT2D eigenvalue weighted by atomic mass is 10.1. The van der Waals surface area contributed by atoms with E-state index in [0.717, 1.165) is 18.3 Å². The van der Waals surface area contributed by atoms with Crippen LogP contribution in [0.25, 0.3) is 0 Å². The monoisotopic (exact) mass is 624 g/mol. The maximum Gasteiger partial charge on any atom is 0.252 e. The summed E-state index contributed by atoms with van der Waals surface area (Å²) >= 11 is 8.22. The first-order valence-corrected chi connectivity index (χ1v) is 13.6. The highest BCUT2D eigenvalue weighted by Gasteiger charge is 2.46. The van der Waals surface area contributed by atoms with Gasteiger partial charge in [-0.15, -0.1) is 0 Å². The molecular formula is C25H22ClIN2O5S. The SMILES string of the molecule is COc1ccc(S(=O)(=O)N(CCc2cccc(Cl)c2)C2CC(=O)N(c3ccc(I)cc3)C2=O)cc1. The van der Waals surface area contributed by atoms with Crippen molar-refractivity contribution in [3.8, 4) is 5.75 Å². The molecule has 0 N–H and O–H groups in total. The lowest BCUT2D eigenvalue weighted by molar-refractivity contribution is -0.122. The zero-order valence-electron chi connectivity index (χ0n) is 18.7. The third-order valence-corrected chi connectivity index (χ3v) is 8.61. The molecule has 182 valence electrons. The number of amides is 2. The minimum atomic E-state index is -4.11. The Kier molecular flexibility index (Phi) is 7.80. The molecule has 1 aliphatic heterocycles. The van der Waals surface area contributed by atoms with Gasteiger partial charge in [0.05, 0.1) is 24.1 Å². The molecule has 7 nitrogen and oxygen atoms in total. The highest BCUT2D eigenvalue weighted by molar-refractivity contribution is 14.1. The number of sulfonamides is 1. The molecule has 1 atom stereocenters. The van der Waals surface area contributed by atoms with Gasteiger partial charge in [-0.2, -0.15) is 4.31 Å². The Balaban J connectivity index is 1.69. The van der Waals surface area contributed by atoms with Crippen molar-refractivity contribution >= 4 is 61.7 Å². The van der Waals surface area contributed by atoms with Crippen molar-refractivity contribution in [2.75, 3.05) is 18.6 Å². The average Bonchev–Trinajstić information content (AvgIpc) is 3.13. The number of rotatable bonds is 8. The molecule has 0 saturated carbocycles. The van der Waals surface area contributed by atoms with Crippen LogP contribution in [0.4, 0.5) is 5.69 Å². The summed E-state index contributed by atoms with van der Waals surface area (Å²) in [4.78, 5) is 27.4. The summed E-state index contributed by atoms with van der Waals surface area (Å²) in [5, 5.41) is 0.532. The Labute approximate surface area is 222 Å². The molecular weight excluding hydrogens is 603 g/mol. The molecule has 0 radical (unpaired) electrons. The molecule has 0 bridgehead atoms. The van der Waals surface area contributed by atoms with Gasteiger partial charge in [-0.3, -0.25) is 9.59 Å². The van der Waals surface area contributed by atoms with E-state index in [1.807, 2.05) is 6.07 Å². The number of ether oxygens (including phenoxy) is 1. The number of methoxy groups -OCH3 is 1. The van der Waals surface area contributed by atoms with E-state index in [2.05, 4.69) is 22.6 Å². The average molecular weight is 625 g/mol. The standard InChI is InChI=1S/C25H22ClIN2O5S/c1-34-21-9-11-22(12-10-21)35(32,33)28(14-13-17-3-2-4-18(26)15-17)23-16-24(30)29(25(23)31)20-7-5-19(27)6-8-20/h2-12,15,23H,13-14,16H2,1H3. The van der Waals surface area contributed by atoms with Crippen LogP contribution in [0.3, 0.4) is 0 Å². The summed E-state index contributed by atoms with van der Waals surface area (Å²) in [5.74, 6) is -0.510. The first-order chi connectivity index (χ1) is 16.7. The predicted octanol–water partition coefficient (Wildman–Crippen LogP) is 4.52. The highest BCUT2D eigenvalue weighted by Crippen LogP contribution is 2.30. The van der Waals surface area contributed by atoms with Crippen LogP contribution >= 0.6 is 34.2 Å². The Morgan fingerprint density at radius 3 is 2.37 bits per heavy atom. The predicted molar refractivity (Wildman–Crippen MR) is 142 cm³/mol. The summed E-state index contributed by atoms with van der Waals surface area (Å²) in [5.41, 5.74) is 1.23. The summed E-state index contributed by atoms with van der Waals surface area (Å²) in [6.45, 7) is -0.00107. The van der Waals surface area contributed by atoms with E-state index in [1.54, 1.807) is 54.6 Å². The van der Waals surface area contributed by atoms with E-state index in [4.69, 9.17) is 16.3 Å². The van der Waals surface area contributed by atoms with Crippen molar-refractivity contribution in [2.24, 2.45) is 0 Å². The third kappa shape index (κ3) is 5.53. The number of imide groups is 1. The van der Waals surface area contributed by atoms with Crippen LogP contribution in [0.15, 0.2) is 77.7 Å². The van der Waals surface area contributed by atoms with Crippen molar-refractivity contribution in [3.05, 3.63) is 87.0 Å². The van der Waals surface area contributed by atoms with Crippen LogP contribution in [0.1, 0.15) is 12.0 Å². The molecule has 4 rings (SSSR count). The van der Waals surface area contributed by atoms with E-state index >= 15 is 0 Å². The number of benzene rings is 3. The van der Waals surface area contributed by atoms with Gasteiger partial charge in [-0.05, 0) is 95.2 Å². The van der Waals surface area contributed by atoms with Gasteiger partial charge in [0, 0.05) is 15.1 Å². The topological polar surface area (TPSA) is 84.0 Å². The minimum absolute atomic E-state index is 0.00107. The van der Waals surface area contributed by atoms with Gasteiger partial charge in [-0.1, -0.05) is 23.7 Å². The minimum Gasteiger partial charge on any atom is -0.497 e. The van der Waals surface area contributed by atoms with Crippen molar-refractivity contribution in [3.63, 3.8) is 0 Å². The number of carbonyl (C=O) groups excluding carboxylic acids is 2. The summed E-state index contributed by atoms with van der Waals surface area (Å²) in [6.07, 6.45) is 0.0766. The zero-order chi connectivity index (χ0) is 25.2.